The summed E-state index contributed by atoms with van der Waals surface area (Å²) in [7, 11) is 0. The Balaban J connectivity index is 2.34. The average molecular weight is 223 g/mol. The van der Waals surface area contributed by atoms with E-state index in [1.54, 1.807) is 0 Å². The van der Waals surface area contributed by atoms with Crippen LogP contribution in [0.4, 0.5) is 8.78 Å². The molecule has 1 aliphatic carbocycles. The normalized spacial score (nSPS) is 14.7. The molecule has 0 fully saturated rings. The van der Waals surface area contributed by atoms with Gasteiger partial charge in [-0.2, -0.15) is 0 Å². The molecule has 0 heterocycles. The fraction of sp³-hybridized carbons (Fsp3) is 0.250. The molecule has 0 aliphatic heterocycles. The van der Waals surface area contributed by atoms with E-state index in [9.17, 15) is 13.6 Å². The van der Waals surface area contributed by atoms with Gasteiger partial charge in [0.1, 0.15) is 11.6 Å². The predicted octanol–water partition coefficient (Wildman–Crippen LogP) is 2.61. The van der Waals surface area contributed by atoms with Crippen LogP contribution < -0.4 is 5.32 Å². The summed E-state index contributed by atoms with van der Waals surface area (Å²) >= 11 is 0. The summed E-state index contributed by atoms with van der Waals surface area (Å²) < 4.78 is 26.2. The van der Waals surface area contributed by atoms with Gasteiger partial charge in [-0.3, -0.25) is 4.79 Å². The maximum atomic E-state index is 13.4. The van der Waals surface area contributed by atoms with Crippen LogP contribution in [0.3, 0.4) is 0 Å². The zero-order valence-corrected chi connectivity index (χ0v) is 8.81. The minimum atomic E-state index is -0.595. The van der Waals surface area contributed by atoms with E-state index in [2.05, 4.69) is 5.32 Å². The van der Waals surface area contributed by atoms with Gasteiger partial charge >= 0.3 is 0 Å². The molecule has 0 bridgehead atoms. The summed E-state index contributed by atoms with van der Waals surface area (Å²) in [6.45, 7) is 1.41. The van der Waals surface area contributed by atoms with Crippen LogP contribution in [0.5, 0.6) is 0 Å². The molecule has 0 atom stereocenters. The Morgan fingerprint density at radius 1 is 1.31 bits per heavy atom. The molecular weight excluding hydrogens is 212 g/mol. The number of hydrogen-bond acceptors (Lipinski definition) is 1. The fourth-order valence-electron chi connectivity index (χ4n) is 1.76. The zero-order valence-electron chi connectivity index (χ0n) is 8.81. The smallest absolute Gasteiger partial charge is 0.221 e. The van der Waals surface area contributed by atoms with Gasteiger partial charge in [0.05, 0.1) is 0 Å². The predicted molar refractivity (Wildman–Crippen MR) is 56.3 cm³/mol. The van der Waals surface area contributed by atoms with Crippen LogP contribution in [0.15, 0.2) is 23.9 Å². The lowest BCUT2D eigenvalue weighted by molar-refractivity contribution is -0.118. The van der Waals surface area contributed by atoms with Crippen LogP contribution in [0.1, 0.15) is 25.3 Å². The maximum absolute atomic E-state index is 13.4. The Hall–Kier alpha value is -1.71. The van der Waals surface area contributed by atoms with E-state index in [1.807, 2.05) is 0 Å². The van der Waals surface area contributed by atoms with Crippen molar-refractivity contribution in [2.75, 3.05) is 0 Å². The number of allylic oxidation sites excluding steroid dienone is 2. The number of hydrogen-bond donors (Lipinski definition) is 1. The van der Waals surface area contributed by atoms with Crippen molar-refractivity contribution in [3.05, 3.63) is 41.1 Å². The minimum Gasteiger partial charge on any atom is -0.330 e. The van der Waals surface area contributed by atoms with Crippen molar-refractivity contribution in [3.63, 3.8) is 0 Å². The molecule has 0 saturated carbocycles. The summed E-state index contributed by atoms with van der Waals surface area (Å²) in [6.07, 6.45) is 1.43. The van der Waals surface area contributed by atoms with Gasteiger partial charge in [0, 0.05) is 24.3 Å². The molecule has 2 rings (SSSR count). The van der Waals surface area contributed by atoms with Gasteiger partial charge in [-0.1, -0.05) is 0 Å². The van der Waals surface area contributed by atoms with Crippen molar-refractivity contribution in [2.24, 2.45) is 0 Å². The van der Waals surface area contributed by atoms with E-state index < -0.39 is 11.6 Å². The molecule has 1 amide bonds. The molecule has 4 heteroatoms. The molecule has 0 radical (unpaired) electrons. The van der Waals surface area contributed by atoms with Crippen LogP contribution in [0.25, 0.3) is 5.57 Å². The summed E-state index contributed by atoms with van der Waals surface area (Å²) in [6, 6.07) is 3.47. The van der Waals surface area contributed by atoms with Crippen LogP contribution in [-0.4, -0.2) is 5.91 Å². The van der Waals surface area contributed by atoms with Crippen molar-refractivity contribution in [3.8, 4) is 0 Å². The minimum absolute atomic E-state index is 0.172. The highest BCUT2D eigenvalue weighted by molar-refractivity contribution is 5.82. The molecule has 16 heavy (non-hydrogen) atoms. The lowest BCUT2D eigenvalue weighted by Gasteiger charge is -2.24. The van der Waals surface area contributed by atoms with Crippen LogP contribution in [-0.2, 0) is 4.79 Å². The van der Waals surface area contributed by atoms with Gasteiger partial charge in [-0.15, -0.1) is 0 Å². The van der Waals surface area contributed by atoms with Crippen LogP contribution in [0, 0.1) is 11.6 Å². The SMILES string of the molecule is CC(=O)NC1=C(c2ccc(F)cc2F)CC1. The first-order valence-corrected chi connectivity index (χ1v) is 5.03. The first-order valence-electron chi connectivity index (χ1n) is 5.03. The van der Waals surface area contributed by atoms with Gasteiger partial charge in [-0.25, -0.2) is 8.78 Å². The van der Waals surface area contributed by atoms with Crippen molar-refractivity contribution < 1.29 is 13.6 Å². The monoisotopic (exact) mass is 223 g/mol. The second kappa shape index (κ2) is 4.04. The van der Waals surface area contributed by atoms with Crippen molar-refractivity contribution in [1.29, 1.82) is 0 Å². The van der Waals surface area contributed by atoms with Gasteiger partial charge in [0.2, 0.25) is 5.91 Å². The molecule has 1 N–H and O–H groups in total. The molecule has 1 aromatic carbocycles. The van der Waals surface area contributed by atoms with E-state index in [0.29, 0.717) is 12.0 Å². The quantitative estimate of drug-likeness (QED) is 0.820. The molecular formula is C12H11F2NO. The Morgan fingerprint density at radius 3 is 2.56 bits per heavy atom. The Bertz CT molecular complexity index is 480. The molecule has 1 aliphatic rings. The number of carbonyl (C=O) groups excluding carboxylic acids is 1. The molecule has 0 spiro atoms. The number of benzene rings is 1. The number of nitrogens with one attached hydrogen (secondary N) is 1. The van der Waals surface area contributed by atoms with Gasteiger partial charge in [-0.05, 0) is 30.5 Å². The van der Waals surface area contributed by atoms with Crippen LogP contribution >= 0.6 is 0 Å². The molecule has 0 unspecified atom stereocenters. The lowest BCUT2D eigenvalue weighted by atomic mass is 9.88. The number of rotatable bonds is 2. The fourth-order valence-corrected chi connectivity index (χ4v) is 1.76. The van der Waals surface area contributed by atoms with E-state index in [1.165, 1.54) is 19.1 Å². The summed E-state index contributed by atoms with van der Waals surface area (Å²) in [5.41, 5.74) is 1.86. The van der Waals surface area contributed by atoms with E-state index in [4.69, 9.17) is 0 Å². The highest BCUT2D eigenvalue weighted by atomic mass is 19.1. The standard InChI is InChI=1S/C12H11F2NO/c1-7(16)15-12-5-4-10(12)9-3-2-8(13)6-11(9)14/h2-3,6H,4-5H2,1H3,(H,15,16). The maximum Gasteiger partial charge on any atom is 0.221 e. The van der Waals surface area contributed by atoms with Gasteiger partial charge in [0.25, 0.3) is 0 Å². The highest BCUT2D eigenvalue weighted by Gasteiger charge is 2.22. The third-order valence-electron chi connectivity index (χ3n) is 2.57. The van der Waals surface area contributed by atoms with Crippen molar-refractivity contribution in [1.82, 2.24) is 5.32 Å². The summed E-state index contributed by atoms with van der Waals surface area (Å²) in [5.74, 6) is -1.35. The second-order valence-electron chi connectivity index (χ2n) is 3.76. The summed E-state index contributed by atoms with van der Waals surface area (Å²) in [5, 5.41) is 2.65. The van der Waals surface area contributed by atoms with Crippen LogP contribution in [0.2, 0.25) is 0 Å². The Morgan fingerprint density at radius 2 is 2.06 bits per heavy atom. The van der Waals surface area contributed by atoms with E-state index in [0.717, 1.165) is 23.8 Å². The largest absolute Gasteiger partial charge is 0.330 e. The van der Waals surface area contributed by atoms with Gasteiger partial charge < -0.3 is 5.32 Å². The second-order valence-corrected chi connectivity index (χ2v) is 3.76. The van der Waals surface area contributed by atoms with E-state index >= 15 is 0 Å². The van der Waals surface area contributed by atoms with Crippen molar-refractivity contribution >= 4 is 11.5 Å². The number of amides is 1. The molecule has 1 aromatic rings. The van der Waals surface area contributed by atoms with Gasteiger partial charge in [0.15, 0.2) is 0 Å². The zero-order chi connectivity index (χ0) is 11.7. The average Bonchev–Trinajstić information content (AvgIpc) is 2.17. The third-order valence-corrected chi connectivity index (χ3v) is 2.57. The lowest BCUT2D eigenvalue weighted by Crippen LogP contribution is -2.25. The molecule has 0 saturated heterocycles. The first kappa shape index (κ1) is 10.8. The Kier molecular flexibility index (Phi) is 2.73. The number of halogens is 2. The van der Waals surface area contributed by atoms with Crippen molar-refractivity contribution in [2.45, 2.75) is 19.8 Å². The summed E-state index contributed by atoms with van der Waals surface area (Å²) in [4.78, 5) is 10.9. The first-order chi connectivity index (χ1) is 7.58. The molecule has 2 nitrogen and oxygen atoms in total. The number of carbonyl (C=O) groups is 1. The highest BCUT2D eigenvalue weighted by Crippen LogP contribution is 2.35. The molecule has 0 aromatic heterocycles. The Labute approximate surface area is 92.0 Å². The molecule has 84 valence electrons. The third kappa shape index (κ3) is 1.96. The van der Waals surface area contributed by atoms with E-state index in [-0.39, 0.29) is 5.91 Å². The topological polar surface area (TPSA) is 29.1 Å².